The minimum absolute atomic E-state index is 0.0520. The minimum Gasteiger partial charge on any atom is -0.383 e. The molecular formula is C17H27N3O2S. The van der Waals surface area contributed by atoms with Crippen molar-refractivity contribution < 1.29 is 9.53 Å². The Hall–Kier alpha value is -0.980. The minimum atomic E-state index is 0.0520. The molecule has 3 heterocycles. The molecule has 0 aliphatic carbocycles. The Morgan fingerprint density at radius 1 is 1.35 bits per heavy atom. The Balaban J connectivity index is 1.69. The van der Waals surface area contributed by atoms with Crippen LogP contribution in [-0.4, -0.2) is 59.6 Å². The lowest BCUT2D eigenvalue weighted by Crippen LogP contribution is -2.46. The smallest absolute Gasteiger partial charge is 0.223 e. The molecule has 6 heteroatoms. The van der Waals surface area contributed by atoms with E-state index in [1.807, 2.05) is 6.92 Å². The molecule has 0 N–H and O–H groups in total. The molecule has 0 aromatic carbocycles. The predicted octanol–water partition coefficient (Wildman–Crippen LogP) is 2.45. The summed E-state index contributed by atoms with van der Waals surface area (Å²) in [5.74, 6) is 0.306. The van der Waals surface area contributed by atoms with E-state index in [0.29, 0.717) is 18.9 Å². The van der Waals surface area contributed by atoms with Crippen LogP contribution in [0.5, 0.6) is 0 Å². The summed E-state index contributed by atoms with van der Waals surface area (Å²) in [5.41, 5.74) is 1.10. The Morgan fingerprint density at radius 3 is 2.96 bits per heavy atom. The van der Waals surface area contributed by atoms with Crippen LogP contribution in [0.3, 0.4) is 0 Å². The summed E-state index contributed by atoms with van der Waals surface area (Å²) < 4.78 is 5.21. The molecular weight excluding hydrogens is 310 g/mol. The number of nitrogens with zero attached hydrogens (tertiary/aromatic N) is 3. The molecule has 5 nitrogen and oxygen atoms in total. The monoisotopic (exact) mass is 337 g/mol. The van der Waals surface area contributed by atoms with Crippen molar-refractivity contribution in [3.8, 4) is 0 Å². The van der Waals surface area contributed by atoms with Crippen LogP contribution < -0.4 is 0 Å². The number of thiazole rings is 1. The number of carbonyl (C=O) groups excluding carboxylic acids is 1. The van der Waals surface area contributed by atoms with Crippen LogP contribution in [0.4, 0.5) is 0 Å². The van der Waals surface area contributed by atoms with Gasteiger partial charge >= 0.3 is 0 Å². The molecule has 2 fully saturated rings. The SMILES string of the molecule is COCCN1CCC[C@]2(CCC(=O)N2Cc2csc(C)n2)CC1. The van der Waals surface area contributed by atoms with Crippen LogP contribution in [0, 0.1) is 6.92 Å². The molecule has 1 amide bonds. The van der Waals surface area contributed by atoms with Crippen LogP contribution in [0.1, 0.15) is 42.8 Å². The molecule has 23 heavy (non-hydrogen) atoms. The molecule has 2 aliphatic rings. The molecule has 1 aromatic rings. The standard InChI is InChI=1S/C17H27N3O2S/c1-14-18-15(13-23-14)12-20-16(21)4-6-17(20)5-3-8-19(9-7-17)10-11-22-2/h13H,3-12H2,1-2H3/t17-/m0/s1. The third kappa shape index (κ3) is 3.75. The summed E-state index contributed by atoms with van der Waals surface area (Å²) in [6.45, 7) is 6.65. The van der Waals surface area contributed by atoms with Crippen LogP contribution in [-0.2, 0) is 16.1 Å². The van der Waals surface area contributed by atoms with Crippen LogP contribution in [0.15, 0.2) is 5.38 Å². The molecule has 1 spiro atoms. The summed E-state index contributed by atoms with van der Waals surface area (Å²) in [5, 5.41) is 3.17. The van der Waals surface area contributed by atoms with Crippen molar-refractivity contribution in [2.24, 2.45) is 0 Å². The molecule has 0 saturated carbocycles. The normalized spacial score (nSPS) is 26.2. The van der Waals surface area contributed by atoms with Gasteiger partial charge in [-0.1, -0.05) is 0 Å². The quantitative estimate of drug-likeness (QED) is 0.828. The summed E-state index contributed by atoms with van der Waals surface area (Å²) in [6.07, 6.45) is 5.05. The molecule has 3 rings (SSSR count). The fourth-order valence-corrected chi connectivity index (χ4v) is 4.58. The number of methoxy groups -OCH3 is 1. The highest BCUT2D eigenvalue weighted by atomic mass is 32.1. The lowest BCUT2D eigenvalue weighted by Gasteiger charge is -2.38. The Kier molecular flexibility index (Phi) is 5.34. The van der Waals surface area contributed by atoms with E-state index in [2.05, 4.69) is 20.2 Å². The third-order valence-electron chi connectivity index (χ3n) is 5.29. The highest BCUT2D eigenvalue weighted by Crippen LogP contribution is 2.40. The topological polar surface area (TPSA) is 45.7 Å². The maximum absolute atomic E-state index is 12.5. The Labute approximate surface area is 142 Å². The first-order chi connectivity index (χ1) is 11.1. The zero-order valence-corrected chi connectivity index (χ0v) is 15.0. The molecule has 2 saturated heterocycles. The number of ether oxygens (including phenoxy) is 1. The van der Waals surface area contributed by atoms with E-state index in [9.17, 15) is 4.79 Å². The molecule has 0 unspecified atom stereocenters. The number of hydrogen-bond donors (Lipinski definition) is 0. The van der Waals surface area contributed by atoms with Crippen LogP contribution in [0.25, 0.3) is 0 Å². The van der Waals surface area contributed by atoms with Gasteiger partial charge in [-0.2, -0.15) is 0 Å². The first-order valence-corrected chi connectivity index (χ1v) is 9.44. The van der Waals surface area contributed by atoms with Gasteiger partial charge in [0, 0.05) is 37.5 Å². The summed E-state index contributed by atoms with van der Waals surface area (Å²) in [7, 11) is 1.76. The largest absolute Gasteiger partial charge is 0.383 e. The lowest BCUT2D eigenvalue weighted by molar-refractivity contribution is -0.132. The molecule has 1 atom stereocenters. The van der Waals surface area contributed by atoms with E-state index in [0.717, 1.165) is 62.6 Å². The van der Waals surface area contributed by atoms with Gasteiger partial charge in [0.25, 0.3) is 0 Å². The summed E-state index contributed by atoms with van der Waals surface area (Å²) in [6, 6.07) is 0. The molecule has 0 bridgehead atoms. The van der Waals surface area contributed by atoms with Gasteiger partial charge in [0.2, 0.25) is 5.91 Å². The second-order valence-electron chi connectivity index (χ2n) is 6.75. The van der Waals surface area contributed by atoms with Gasteiger partial charge in [0.05, 0.1) is 23.9 Å². The molecule has 2 aliphatic heterocycles. The maximum atomic E-state index is 12.5. The number of amides is 1. The average Bonchev–Trinajstić information content (AvgIpc) is 3.00. The van der Waals surface area contributed by atoms with E-state index >= 15 is 0 Å². The number of carbonyl (C=O) groups is 1. The van der Waals surface area contributed by atoms with Crippen molar-refractivity contribution >= 4 is 17.2 Å². The molecule has 0 radical (unpaired) electrons. The van der Waals surface area contributed by atoms with Crippen molar-refractivity contribution in [1.82, 2.24) is 14.8 Å². The van der Waals surface area contributed by atoms with Crippen molar-refractivity contribution in [2.75, 3.05) is 33.4 Å². The van der Waals surface area contributed by atoms with E-state index in [1.54, 1.807) is 18.4 Å². The highest BCUT2D eigenvalue weighted by Gasteiger charge is 2.45. The average molecular weight is 337 g/mol. The zero-order valence-electron chi connectivity index (χ0n) is 14.2. The fraction of sp³-hybridized carbons (Fsp3) is 0.765. The van der Waals surface area contributed by atoms with Crippen LogP contribution >= 0.6 is 11.3 Å². The van der Waals surface area contributed by atoms with Gasteiger partial charge in [-0.25, -0.2) is 4.98 Å². The summed E-state index contributed by atoms with van der Waals surface area (Å²) >= 11 is 1.67. The van der Waals surface area contributed by atoms with Crippen LogP contribution in [0.2, 0.25) is 0 Å². The number of aromatic nitrogens is 1. The van der Waals surface area contributed by atoms with Gasteiger partial charge in [-0.05, 0) is 39.2 Å². The highest BCUT2D eigenvalue weighted by molar-refractivity contribution is 7.09. The first kappa shape index (κ1) is 16.9. The van der Waals surface area contributed by atoms with E-state index in [4.69, 9.17) is 4.74 Å². The van der Waals surface area contributed by atoms with Crippen molar-refractivity contribution in [2.45, 2.75) is 51.1 Å². The number of aryl methyl sites for hydroxylation is 1. The number of hydrogen-bond acceptors (Lipinski definition) is 5. The Morgan fingerprint density at radius 2 is 2.22 bits per heavy atom. The van der Waals surface area contributed by atoms with Crippen molar-refractivity contribution in [3.05, 3.63) is 16.1 Å². The fourth-order valence-electron chi connectivity index (χ4n) is 3.97. The lowest BCUT2D eigenvalue weighted by atomic mass is 9.87. The van der Waals surface area contributed by atoms with E-state index in [-0.39, 0.29) is 5.54 Å². The molecule has 128 valence electrons. The van der Waals surface area contributed by atoms with Crippen molar-refractivity contribution in [3.63, 3.8) is 0 Å². The number of likely N-dealkylation sites (tertiary alicyclic amines) is 2. The second kappa shape index (κ2) is 7.28. The summed E-state index contributed by atoms with van der Waals surface area (Å²) in [4.78, 5) is 21.7. The van der Waals surface area contributed by atoms with Crippen molar-refractivity contribution in [1.29, 1.82) is 0 Å². The maximum Gasteiger partial charge on any atom is 0.223 e. The van der Waals surface area contributed by atoms with Gasteiger partial charge in [0.15, 0.2) is 0 Å². The first-order valence-electron chi connectivity index (χ1n) is 8.56. The van der Waals surface area contributed by atoms with Gasteiger partial charge in [-0.15, -0.1) is 11.3 Å². The third-order valence-corrected chi connectivity index (χ3v) is 6.11. The molecule has 1 aromatic heterocycles. The predicted molar refractivity (Wildman–Crippen MR) is 91.5 cm³/mol. The second-order valence-corrected chi connectivity index (χ2v) is 7.81. The van der Waals surface area contributed by atoms with Gasteiger partial charge in [0.1, 0.15) is 0 Å². The van der Waals surface area contributed by atoms with E-state index in [1.165, 1.54) is 0 Å². The van der Waals surface area contributed by atoms with E-state index < -0.39 is 0 Å². The zero-order chi connectivity index (χ0) is 16.3. The van der Waals surface area contributed by atoms with Gasteiger partial charge < -0.3 is 14.5 Å². The van der Waals surface area contributed by atoms with Gasteiger partial charge in [-0.3, -0.25) is 4.79 Å². The Bertz CT molecular complexity index is 548. The number of rotatable bonds is 5.